The minimum atomic E-state index is -1.20. The number of hydrogen-bond acceptors (Lipinski definition) is 12. The van der Waals surface area contributed by atoms with Crippen LogP contribution in [0.1, 0.15) is 93.2 Å². The van der Waals surface area contributed by atoms with Gasteiger partial charge in [0.2, 0.25) is 0 Å². The molecule has 2 aromatic carbocycles. The van der Waals surface area contributed by atoms with Gasteiger partial charge in [0.1, 0.15) is 0 Å². The molecule has 0 saturated heterocycles. The van der Waals surface area contributed by atoms with Crippen molar-refractivity contribution in [3.8, 4) is 0 Å². The van der Waals surface area contributed by atoms with Crippen LogP contribution in [-0.4, -0.2) is 37.5 Å². The van der Waals surface area contributed by atoms with Crippen LogP contribution in [0.3, 0.4) is 0 Å². The van der Waals surface area contributed by atoms with Crippen LogP contribution >= 0.6 is 0 Å². The molecule has 2 aromatic rings. The summed E-state index contributed by atoms with van der Waals surface area (Å²) in [5.74, 6) is -1.72. The van der Waals surface area contributed by atoms with Gasteiger partial charge in [0.15, 0.2) is 0 Å². The SMILES string of the molecule is CC(CCOC(=O)OOOC(=O)c1ccc(C(C)(C)C)cc1)CCOC(=O)OOOC(=O)c1ccc(C(C)(C)C)cc1. The summed E-state index contributed by atoms with van der Waals surface area (Å²) in [4.78, 5) is 64.6. The van der Waals surface area contributed by atoms with Crippen molar-refractivity contribution in [1.82, 2.24) is 0 Å². The first-order chi connectivity index (χ1) is 19.7. The van der Waals surface area contributed by atoms with E-state index in [1.165, 1.54) is 0 Å². The Morgan fingerprint density at radius 2 is 0.905 bits per heavy atom. The third-order valence-corrected chi connectivity index (χ3v) is 6.06. The molecule has 0 heterocycles. The minimum absolute atomic E-state index is 0.0322. The number of ether oxygens (including phenoxy) is 2. The fourth-order valence-corrected chi connectivity index (χ4v) is 3.34. The molecule has 0 saturated carbocycles. The van der Waals surface area contributed by atoms with Gasteiger partial charge >= 0.3 is 24.2 Å². The number of carbonyl (C=O) groups is 4. The molecule has 230 valence electrons. The molecule has 0 aliphatic rings. The molecular formula is C30H38O12. The second kappa shape index (κ2) is 15.7. The molecule has 0 radical (unpaired) electrons. The molecule has 2 rings (SSSR count). The fourth-order valence-electron chi connectivity index (χ4n) is 3.34. The molecule has 42 heavy (non-hydrogen) atoms. The molecular weight excluding hydrogens is 552 g/mol. The van der Waals surface area contributed by atoms with Crippen LogP contribution in [0.25, 0.3) is 0 Å². The lowest BCUT2D eigenvalue weighted by Gasteiger charge is -2.18. The van der Waals surface area contributed by atoms with Crippen molar-refractivity contribution < 1.29 is 58.3 Å². The zero-order valence-corrected chi connectivity index (χ0v) is 24.9. The van der Waals surface area contributed by atoms with Gasteiger partial charge in [0.05, 0.1) is 34.4 Å². The predicted molar refractivity (Wildman–Crippen MR) is 147 cm³/mol. The minimum Gasteiger partial charge on any atom is -0.432 e. The predicted octanol–water partition coefficient (Wildman–Crippen LogP) is 6.71. The number of carbonyl (C=O) groups excluding carboxylic acids is 4. The van der Waals surface area contributed by atoms with Crippen LogP contribution in [-0.2, 0) is 49.9 Å². The Kier molecular flexibility index (Phi) is 12.8. The van der Waals surface area contributed by atoms with Gasteiger partial charge in [0.25, 0.3) is 0 Å². The van der Waals surface area contributed by atoms with E-state index in [-0.39, 0.29) is 41.1 Å². The van der Waals surface area contributed by atoms with Crippen LogP contribution < -0.4 is 0 Å². The van der Waals surface area contributed by atoms with Crippen molar-refractivity contribution in [2.45, 2.75) is 72.1 Å². The topological polar surface area (TPSA) is 142 Å². The van der Waals surface area contributed by atoms with E-state index < -0.39 is 24.2 Å². The van der Waals surface area contributed by atoms with Crippen molar-refractivity contribution >= 4 is 24.2 Å². The third-order valence-electron chi connectivity index (χ3n) is 6.06. The molecule has 0 aromatic heterocycles. The van der Waals surface area contributed by atoms with E-state index in [9.17, 15) is 19.2 Å². The van der Waals surface area contributed by atoms with E-state index in [2.05, 4.69) is 29.6 Å². The molecule has 12 nitrogen and oxygen atoms in total. The van der Waals surface area contributed by atoms with Gasteiger partial charge in [-0.3, -0.25) is 9.78 Å². The van der Waals surface area contributed by atoms with Gasteiger partial charge in [0, 0.05) is 0 Å². The summed E-state index contributed by atoms with van der Waals surface area (Å²) in [7, 11) is 0. The Hall–Kier alpha value is -4.16. The van der Waals surface area contributed by atoms with E-state index >= 15 is 0 Å². The summed E-state index contributed by atoms with van der Waals surface area (Å²) >= 11 is 0. The Balaban J connectivity index is 1.53. The molecule has 0 spiro atoms. The average molecular weight is 591 g/mol. The first kappa shape index (κ1) is 34.0. The van der Waals surface area contributed by atoms with Crippen molar-refractivity contribution in [3.63, 3.8) is 0 Å². The van der Waals surface area contributed by atoms with E-state index in [0.29, 0.717) is 12.8 Å². The lowest BCUT2D eigenvalue weighted by molar-refractivity contribution is -0.452. The van der Waals surface area contributed by atoms with Crippen molar-refractivity contribution in [3.05, 3.63) is 70.8 Å². The summed E-state index contributed by atoms with van der Waals surface area (Å²) < 4.78 is 9.67. The fraction of sp³-hybridized carbons (Fsp3) is 0.467. The molecule has 12 heteroatoms. The molecule has 0 unspecified atom stereocenters. The van der Waals surface area contributed by atoms with E-state index in [0.717, 1.165) is 11.1 Å². The van der Waals surface area contributed by atoms with Crippen LogP contribution in [0.4, 0.5) is 9.59 Å². The molecule has 0 aliphatic heterocycles. The number of rotatable bonds is 12. The first-order valence-corrected chi connectivity index (χ1v) is 13.3. The standard InChI is InChI=1S/C30H38O12/c1-20(16-18-35-27(33)39-41-37-25(31)21-8-12-23(13-9-21)29(2,3)4)17-19-36-28(34)40-42-38-26(32)22-10-14-24(15-11-22)30(5,6)7/h8-15,20H,16-19H2,1-7H3. The zero-order chi connectivity index (χ0) is 31.3. The van der Waals surface area contributed by atoms with Gasteiger partial charge in [-0.2, -0.15) is 0 Å². The zero-order valence-electron chi connectivity index (χ0n) is 24.9. The summed E-state index contributed by atoms with van der Waals surface area (Å²) in [5, 5.41) is 8.42. The number of hydrogen-bond donors (Lipinski definition) is 0. The largest absolute Gasteiger partial charge is 0.543 e. The second-order valence-electron chi connectivity index (χ2n) is 11.6. The highest BCUT2D eigenvalue weighted by molar-refractivity contribution is 5.89. The lowest BCUT2D eigenvalue weighted by Crippen LogP contribution is -2.15. The Labute approximate surface area is 244 Å². The molecule has 0 bridgehead atoms. The highest BCUT2D eigenvalue weighted by Gasteiger charge is 2.18. The molecule has 0 fully saturated rings. The maximum atomic E-state index is 12.0. The molecule has 0 N–H and O–H groups in total. The van der Waals surface area contributed by atoms with Gasteiger partial charge in [-0.25, -0.2) is 29.0 Å². The van der Waals surface area contributed by atoms with E-state index in [4.69, 9.17) is 9.47 Å². The van der Waals surface area contributed by atoms with Crippen molar-refractivity contribution in [2.24, 2.45) is 5.92 Å². The van der Waals surface area contributed by atoms with Crippen LogP contribution in [0.5, 0.6) is 0 Å². The molecule has 0 atom stereocenters. The van der Waals surface area contributed by atoms with E-state index in [1.807, 2.05) is 48.5 Å². The normalized spacial score (nSPS) is 11.4. The summed E-state index contributed by atoms with van der Waals surface area (Å²) in [5.41, 5.74) is 2.35. The average Bonchev–Trinajstić information content (AvgIpc) is 2.92. The monoisotopic (exact) mass is 590 g/mol. The maximum absolute atomic E-state index is 12.0. The molecule has 0 amide bonds. The maximum Gasteiger partial charge on any atom is 0.543 e. The van der Waals surface area contributed by atoms with Gasteiger partial charge in [-0.05, 0) is 65.0 Å². The van der Waals surface area contributed by atoms with Gasteiger partial charge in [-0.15, -0.1) is 0 Å². The van der Waals surface area contributed by atoms with Gasteiger partial charge in [-0.1, -0.05) is 72.7 Å². The number of benzene rings is 2. The van der Waals surface area contributed by atoms with Gasteiger partial charge < -0.3 is 9.47 Å². The third kappa shape index (κ3) is 12.1. The van der Waals surface area contributed by atoms with E-state index in [1.54, 1.807) is 48.5 Å². The molecule has 0 aliphatic carbocycles. The van der Waals surface area contributed by atoms with Crippen LogP contribution in [0.2, 0.25) is 0 Å². The Morgan fingerprint density at radius 1 is 0.571 bits per heavy atom. The summed E-state index contributed by atoms with van der Waals surface area (Å²) in [6.45, 7) is 14.0. The Bertz CT molecular complexity index is 1080. The summed E-state index contributed by atoms with van der Waals surface area (Å²) in [6, 6.07) is 13.5. The lowest BCUT2D eigenvalue weighted by atomic mass is 9.87. The van der Waals surface area contributed by atoms with Crippen LogP contribution in [0, 0.1) is 5.92 Å². The highest BCUT2D eigenvalue weighted by Crippen LogP contribution is 2.23. The highest BCUT2D eigenvalue weighted by atomic mass is 17.5. The second-order valence-corrected chi connectivity index (χ2v) is 11.6. The van der Waals surface area contributed by atoms with Crippen molar-refractivity contribution in [1.29, 1.82) is 0 Å². The van der Waals surface area contributed by atoms with Crippen molar-refractivity contribution in [2.75, 3.05) is 13.2 Å². The first-order valence-electron chi connectivity index (χ1n) is 13.3. The summed E-state index contributed by atoms with van der Waals surface area (Å²) in [6.07, 6.45) is -1.60. The Morgan fingerprint density at radius 3 is 1.21 bits per heavy atom. The van der Waals surface area contributed by atoms with Crippen LogP contribution in [0.15, 0.2) is 48.5 Å². The quantitative estimate of drug-likeness (QED) is 0.147. The smallest absolute Gasteiger partial charge is 0.432 e.